The molecule has 100 valence electrons. The van der Waals surface area contributed by atoms with E-state index in [9.17, 15) is 4.79 Å². The number of benzene rings is 1. The Hall–Kier alpha value is -1.94. The van der Waals surface area contributed by atoms with Gasteiger partial charge in [-0.2, -0.15) is 5.10 Å². The first-order chi connectivity index (χ1) is 9.12. The Morgan fingerprint density at radius 3 is 2.58 bits per heavy atom. The minimum atomic E-state index is -0.813. The topological polar surface area (TPSA) is 44.1 Å². The first-order valence-corrected chi connectivity index (χ1v) is 6.32. The van der Waals surface area contributed by atoms with Crippen LogP contribution in [-0.4, -0.2) is 28.3 Å². The number of ether oxygens (including phenoxy) is 1. The van der Waals surface area contributed by atoms with Crippen LogP contribution in [0.1, 0.15) is 30.8 Å². The van der Waals surface area contributed by atoms with Crippen LogP contribution in [0.3, 0.4) is 0 Å². The van der Waals surface area contributed by atoms with Crippen LogP contribution >= 0.6 is 0 Å². The zero-order chi connectivity index (χ0) is 13.9. The van der Waals surface area contributed by atoms with E-state index in [0.717, 1.165) is 5.69 Å². The van der Waals surface area contributed by atoms with Gasteiger partial charge in [0, 0.05) is 7.11 Å². The van der Waals surface area contributed by atoms with Crippen molar-refractivity contribution >= 4 is 5.78 Å². The summed E-state index contributed by atoms with van der Waals surface area (Å²) < 4.78 is 7.02. The van der Waals surface area contributed by atoms with Crippen molar-refractivity contribution in [1.29, 1.82) is 0 Å². The maximum absolute atomic E-state index is 12.6. The molecule has 1 unspecified atom stereocenters. The second-order valence-corrected chi connectivity index (χ2v) is 4.58. The molecular formula is C15H18N2O2. The molecule has 0 amide bonds. The van der Waals surface area contributed by atoms with E-state index in [1.807, 2.05) is 37.3 Å². The molecule has 0 fully saturated rings. The molecule has 4 nitrogen and oxygen atoms in total. The van der Waals surface area contributed by atoms with Gasteiger partial charge in [0.05, 0.1) is 11.9 Å². The lowest BCUT2D eigenvalue weighted by atomic mass is 9.95. The fourth-order valence-electron chi connectivity index (χ4n) is 1.92. The van der Waals surface area contributed by atoms with Crippen LogP contribution in [0.5, 0.6) is 0 Å². The van der Waals surface area contributed by atoms with Crippen molar-refractivity contribution in [2.75, 3.05) is 7.11 Å². The molecule has 1 atom stereocenters. The molecule has 4 heteroatoms. The number of rotatable bonds is 5. The molecule has 0 bridgehead atoms. The van der Waals surface area contributed by atoms with Crippen molar-refractivity contribution in [3.63, 3.8) is 0 Å². The Kier molecular flexibility index (Phi) is 3.81. The lowest BCUT2D eigenvalue weighted by Crippen LogP contribution is -2.37. The molecule has 1 aromatic carbocycles. The van der Waals surface area contributed by atoms with E-state index in [4.69, 9.17) is 4.74 Å². The van der Waals surface area contributed by atoms with Gasteiger partial charge in [-0.05, 0) is 31.5 Å². The Morgan fingerprint density at radius 2 is 2.00 bits per heavy atom. The first kappa shape index (κ1) is 13.5. The molecule has 1 heterocycles. The molecule has 0 saturated heterocycles. The Morgan fingerprint density at radius 1 is 1.32 bits per heavy atom. The summed E-state index contributed by atoms with van der Waals surface area (Å²) in [5.74, 6) is -0.0566. The molecule has 2 aromatic rings. The summed E-state index contributed by atoms with van der Waals surface area (Å²) in [5, 5.41) is 4.23. The first-order valence-electron chi connectivity index (χ1n) is 6.32. The number of carbonyl (C=O) groups is 1. The second-order valence-electron chi connectivity index (χ2n) is 4.58. The third kappa shape index (κ3) is 2.44. The van der Waals surface area contributed by atoms with Gasteiger partial charge in [0.2, 0.25) is 5.78 Å². The minimum absolute atomic E-state index is 0.0566. The van der Waals surface area contributed by atoms with Crippen LogP contribution in [-0.2, 0) is 4.74 Å². The molecule has 0 spiro atoms. The highest BCUT2D eigenvalue weighted by Gasteiger charge is 2.34. The van der Waals surface area contributed by atoms with Gasteiger partial charge in [-0.25, -0.2) is 4.68 Å². The van der Waals surface area contributed by atoms with Crippen LogP contribution in [0, 0.1) is 0 Å². The standard InChI is InChI=1S/C15H18N2O2/c1-4-15(2,19-3)14(18)13-10-11-16-17(13)12-8-6-5-7-9-12/h5-11H,4H2,1-3H3. The van der Waals surface area contributed by atoms with Crippen molar-refractivity contribution in [2.45, 2.75) is 25.9 Å². The summed E-state index contributed by atoms with van der Waals surface area (Å²) in [6.07, 6.45) is 2.24. The summed E-state index contributed by atoms with van der Waals surface area (Å²) in [6, 6.07) is 11.3. The van der Waals surface area contributed by atoms with E-state index < -0.39 is 5.60 Å². The summed E-state index contributed by atoms with van der Waals surface area (Å²) >= 11 is 0. The summed E-state index contributed by atoms with van der Waals surface area (Å²) in [7, 11) is 1.56. The SMILES string of the molecule is CCC(C)(OC)C(=O)c1ccnn1-c1ccccc1. The average Bonchev–Trinajstić information content (AvgIpc) is 2.95. The lowest BCUT2D eigenvalue weighted by molar-refractivity contribution is 0.00993. The van der Waals surface area contributed by atoms with E-state index in [-0.39, 0.29) is 5.78 Å². The third-order valence-electron chi connectivity index (χ3n) is 3.48. The normalized spacial score (nSPS) is 14.1. The second kappa shape index (κ2) is 5.36. The largest absolute Gasteiger partial charge is 0.370 e. The molecular weight excluding hydrogens is 240 g/mol. The van der Waals surface area contributed by atoms with E-state index in [0.29, 0.717) is 12.1 Å². The van der Waals surface area contributed by atoms with E-state index in [2.05, 4.69) is 5.10 Å². The van der Waals surface area contributed by atoms with Crippen molar-refractivity contribution in [2.24, 2.45) is 0 Å². The molecule has 0 radical (unpaired) electrons. The number of aromatic nitrogens is 2. The number of nitrogens with zero attached hydrogens (tertiary/aromatic N) is 2. The molecule has 0 aliphatic heterocycles. The zero-order valence-electron chi connectivity index (χ0n) is 11.5. The van der Waals surface area contributed by atoms with E-state index >= 15 is 0 Å². The van der Waals surface area contributed by atoms with Gasteiger partial charge in [0.15, 0.2) is 0 Å². The third-order valence-corrected chi connectivity index (χ3v) is 3.48. The van der Waals surface area contributed by atoms with Gasteiger partial charge in [-0.1, -0.05) is 25.1 Å². The maximum atomic E-state index is 12.6. The summed E-state index contributed by atoms with van der Waals surface area (Å²) in [6.45, 7) is 3.74. The fourth-order valence-corrected chi connectivity index (χ4v) is 1.92. The highest BCUT2D eigenvalue weighted by atomic mass is 16.5. The van der Waals surface area contributed by atoms with Crippen LogP contribution < -0.4 is 0 Å². The predicted octanol–water partition coefficient (Wildman–Crippen LogP) is 2.87. The fraction of sp³-hybridized carbons (Fsp3) is 0.333. The van der Waals surface area contributed by atoms with Crippen LogP contribution in [0.25, 0.3) is 5.69 Å². The Labute approximate surface area is 113 Å². The van der Waals surface area contributed by atoms with Gasteiger partial charge < -0.3 is 4.74 Å². The van der Waals surface area contributed by atoms with Crippen molar-refractivity contribution in [3.8, 4) is 5.69 Å². The molecule has 0 N–H and O–H groups in total. The highest BCUT2D eigenvalue weighted by Crippen LogP contribution is 2.22. The molecule has 1 aromatic heterocycles. The lowest BCUT2D eigenvalue weighted by Gasteiger charge is -2.25. The van der Waals surface area contributed by atoms with Crippen LogP contribution in [0.2, 0.25) is 0 Å². The smallest absolute Gasteiger partial charge is 0.212 e. The molecule has 19 heavy (non-hydrogen) atoms. The van der Waals surface area contributed by atoms with Crippen molar-refractivity contribution < 1.29 is 9.53 Å². The number of Topliss-reactive ketones (excluding diaryl/α,β-unsaturated/α-hetero) is 1. The van der Waals surface area contributed by atoms with Gasteiger partial charge in [-0.3, -0.25) is 4.79 Å². The van der Waals surface area contributed by atoms with Crippen LogP contribution in [0.4, 0.5) is 0 Å². The van der Waals surface area contributed by atoms with Crippen LogP contribution in [0.15, 0.2) is 42.6 Å². The monoisotopic (exact) mass is 258 g/mol. The minimum Gasteiger partial charge on any atom is -0.370 e. The number of ketones is 1. The average molecular weight is 258 g/mol. The van der Waals surface area contributed by atoms with Gasteiger partial charge in [0.25, 0.3) is 0 Å². The maximum Gasteiger partial charge on any atom is 0.212 e. The quantitative estimate of drug-likeness (QED) is 0.775. The van der Waals surface area contributed by atoms with E-state index in [1.165, 1.54) is 0 Å². The van der Waals surface area contributed by atoms with Gasteiger partial charge in [0.1, 0.15) is 11.3 Å². The molecule has 2 rings (SSSR count). The highest BCUT2D eigenvalue weighted by molar-refractivity contribution is 6.01. The number of para-hydroxylation sites is 1. The molecule has 0 aliphatic rings. The Balaban J connectivity index is 2.43. The Bertz CT molecular complexity index is 557. The predicted molar refractivity (Wildman–Crippen MR) is 73.6 cm³/mol. The number of carbonyl (C=O) groups excluding carboxylic acids is 1. The van der Waals surface area contributed by atoms with Gasteiger partial charge in [-0.15, -0.1) is 0 Å². The molecule has 0 aliphatic carbocycles. The van der Waals surface area contributed by atoms with Crippen molar-refractivity contribution in [3.05, 3.63) is 48.3 Å². The summed E-state index contributed by atoms with van der Waals surface area (Å²) in [5.41, 5.74) is 0.592. The number of methoxy groups -OCH3 is 1. The van der Waals surface area contributed by atoms with E-state index in [1.54, 1.807) is 31.0 Å². The van der Waals surface area contributed by atoms with Crippen molar-refractivity contribution in [1.82, 2.24) is 9.78 Å². The number of hydrogen-bond donors (Lipinski definition) is 0. The van der Waals surface area contributed by atoms with Gasteiger partial charge >= 0.3 is 0 Å². The zero-order valence-corrected chi connectivity index (χ0v) is 11.5. The number of hydrogen-bond acceptors (Lipinski definition) is 3. The molecule has 0 saturated carbocycles. The summed E-state index contributed by atoms with van der Waals surface area (Å²) in [4.78, 5) is 12.6.